The second-order valence-corrected chi connectivity index (χ2v) is 6.00. The van der Waals surface area contributed by atoms with Gasteiger partial charge >= 0.3 is 0 Å². The molecule has 1 aromatic carbocycles. The van der Waals surface area contributed by atoms with E-state index in [1.165, 1.54) is 12.1 Å². The zero-order chi connectivity index (χ0) is 18.7. The van der Waals surface area contributed by atoms with Crippen molar-refractivity contribution in [3.8, 4) is 0 Å². The fourth-order valence-electron chi connectivity index (χ4n) is 2.68. The Labute approximate surface area is 154 Å². The van der Waals surface area contributed by atoms with Gasteiger partial charge in [0.2, 0.25) is 0 Å². The first kappa shape index (κ1) is 17.5. The Bertz CT molecular complexity index is 914. The van der Waals surface area contributed by atoms with E-state index in [0.29, 0.717) is 27.8 Å². The molecule has 0 saturated carbocycles. The average Bonchev–Trinajstić information content (AvgIpc) is 2.61. The van der Waals surface area contributed by atoms with Crippen molar-refractivity contribution >= 4 is 34.7 Å². The van der Waals surface area contributed by atoms with Gasteiger partial charge < -0.3 is 16.0 Å². The Balaban J connectivity index is 1.98. The first-order valence-corrected chi connectivity index (χ1v) is 8.11. The van der Waals surface area contributed by atoms with Gasteiger partial charge in [0.15, 0.2) is 5.11 Å². The van der Waals surface area contributed by atoms with E-state index in [0.717, 1.165) is 0 Å². The number of hydrogen-bond acceptors (Lipinski definition) is 5. The summed E-state index contributed by atoms with van der Waals surface area (Å²) in [5, 5.41) is 20.1. The number of amides is 1. The molecule has 1 aliphatic heterocycles. The molecule has 0 spiro atoms. The summed E-state index contributed by atoms with van der Waals surface area (Å²) < 4.78 is 0. The summed E-state index contributed by atoms with van der Waals surface area (Å²) >= 11 is 5.18. The van der Waals surface area contributed by atoms with Gasteiger partial charge in [-0.1, -0.05) is 18.2 Å². The maximum Gasteiger partial charge on any atom is 0.269 e. The largest absolute Gasteiger partial charge is 0.351 e. The van der Waals surface area contributed by atoms with Crippen LogP contribution in [0.2, 0.25) is 0 Å². The van der Waals surface area contributed by atoms with E-state index in [1.807, 2.05) is 0 Å². The number of non-ortho nitro benzene ring substituents is 1. The van der Waals surface area contributed by atoms with Gasteiger partial charge in [-0.3, -0.25) is 14.9 Å². The highest BCUT2D eigenvalue weighted by molar-refractivity contribution is 7.80. The molecule has 8 nitrogen and oxygen atoms in total. The molecule has 0 bridgehead atoms. The molecular weight excluding hydrogens is 354 g/mol. The number of pyridine rings is 1. The number of nitrogens with zero attached hydrogens (tertiary/aromatic N) is 2. The van der Waals surface area contributed by atoms with Crippen molar-refractivity contribution in [1.29, 1.82) is 0 Å². The van der Waals surface area contributed by atoms with Crippen molar-refractivity contribution in [1.82, 2.24) is 15.6 Å². The number of hydrogen-bond donors (Lipinski definition) is 3. The highest BCUT2D eigenvalue weighted by atomic mass is 32.1. The fourth-order valence-corrected chi connectivity index (χ4v) is 2.95. The van der Waals surface area contributed by atoms with Crippen LogP contribution in [-0.2, 0) is 4.79 Å². The normalized spacial score (nSPS) is 16.5. The molecule has 0 fully saturated rings. The third-order valence-corrected chi connectivity index (χ3v) is 4.05. The fraction of sp³-hybridized carbons (Fsp3) is 0.118. The van der Waals surface area contributed by atoms with Crippen molar-refractivity contribution in [3.63, 3.8) is 0 Å². The third-order valence-electron chi connectivity index (χ3n) is 3.83. The number of allylic oxidation sites excluding steroid dienone is 1. The molecule has 2 heterocycles. The Kier molecular flexibility index (Phi) is 4.90. The molecule has 3 rings (SSSR count). The maximum absolute atomic E-state index is 12.8. The second-order valence-electron chi connectivity index (χ2n) is 5.59. The lowest BCUT2D eigenvalue weighted by Crippen LogP contribution is -2.45. The van der Waals surface area contributed by atoms with E-state index in [2.05, 4.69) is 20.9 Å². The van der Waals surface area contributed by atoms with E-state index < -0.39 is 11.0 Å². The maximum atomic E-state index is 12.8. The van der Waals surface area contributed by atoms with E-state index in [9.17, 15) is 14.9 Å². The molecule has 132 valence electrons. The molecule has 0 aliphatic carbocycles. The molecule has 3 N–H and O–H groups in total. The molecule has 0 saturated heterocycles. The predicted molar refractivity (Wildman–Crippen MR) is 100 cm³/mol. The van der Waals surface area contributed by atoms with Crippen molar-refractivity contribution in [2.45, 2.75) is 13.0 Å². The number of nitro benzene ring substituents is 1. The van der Waals surface area contributed by atoms with E-state index in [4.69, 9.17) is 12.2 Å². The Morgan fingerprint density at radius 3 is 2.81 bits per heavy atom. The van der Waals surface area contributed by atoms with Crippen molar-refractivity contribution in [3.05, 3.63) is 75.6 Å². The van der Waals surface area contributed by atoms with Crippen LogP contribution in [0.3, 0.4) is 0 Å². The summed E-state index contributed by atoms with van der Waals surface area (Å²) in [7, 11) is 0. The van der Waals surface area contributed by atoms with Crippen LogP contribution in [0.1, 0.15) is 18.5 Å². The summed E-state index contributed by atoms with van der Waals surface area (Å²) in [6.45, 7) is 1.73. The molecule has 9 heteroatoms. The lowest BCUT2D eigenvalue weighted by atomic mass is 9.94. The van der Waals surface area contributed by atoms with Gasteiger partial charge in [-0.2, -0.15) is 0 Å². The van der Waals surface area contributed by atoms with Crippen molar-refractivity contribution < 1.29 is 9.72 Å². The molecule has 1 amide bonds. The first-order valence-electron chi connectivity index (χ1n) is 7.70. The third kappa shape index (κ3) is 3.67. The number of nitro groups is 1. The SMILES string of the molecule is CC1=C(C(=O)Nc2ccccn2)[C@@H](c2cccc([N+](=O)[O-])c2)NC(=S)N1. The second kappa shape index (κ2) is 7.28. The molecule has 0 unspecified atom stereocenters. The summed E-state index contributed by atoms with van der Waals surface area (Å²) in [6.07, 6.45) is 1.57. The molecule has 1 aliphatic rings. The standard InChI is InChI=1S/C17H15N5O3S/c1-10-14(16(23)20-13-7-2-3-8-18-13)15(21-17(26)19-10)11-5-4-6-12(9-11)22(24)25/h2-9,15H,1H3,(H,18,20,23)(H2,19,21,26)/t15-/m1/s1. The average molecular weight is 369 g/mol. The van der Waals surface area contributed by atoms with Crippen LogP contribution in [0.5, 0.6) is 0 Å². The zero-order valence-electron chi connectivity index (χ0n) is 13.7. The number of thiocarbonyl (C=S) groups is 1. The van der Waals surface area contributed by atoms with Gasteiger partial charge in [0, 0.05) is 24.0 Å². The first-order chi connectivity index (χ1) is 12.5. The number of aromatic nitrogens is 1. The quantitative estimate of drug-likeness (QED) is 0.431. The van der Waals surface area contributed by atoms with Crippen LogP contribution in [-0.4, -0.2) is 20.9 Å². The van der Waals surface area contributed by atoms with Gasteiger partial charge in [-0.05, 0) is 36.8 Å². The van der Waals surface area contributed by atoms with Gasteiger partial charge in [0.05, 0.1) is 16.5 Å². The number of rotatable bonds is 4. The van der Waals surface area contributed by atoms with E-state index >= 15 is 0 Å². The van der Waals surface area contributed by atoms with Crippen molar-refractivity contribution in [2.24, 2.45) is 0 Å². The van der Waals surface area contributed by atoms with Gasteiger partial charge in [-0.25, -0.2) is 4.98 Å². The molecule has 26 heavy (non-hydrogen) atoms. The Morgan fingerprint density at radius 2 is 2.12 bits per heavy atom. The Morgan fingerprint density at radius 1 is 1.31 bits per heavy atom. The lowest BCUT2D eigenvalue weighted by molar-refractivity contribution is -0.384. The number of carbonyl (C=O) groups is 1. The highest BCUT2D eigenvalue weighted by Gasteiger charge is 2.30. The topological polar surface area (TPSA) is 109 Å². The van der Waals surface area contributed by atoms with E-state index in [-0.39, 0.29) is 11.6 Å². The minimum atomic E-state index is -0.618. The predicted octanol–water partition coefficient (Wildman–Crippen LogP) is 2.42. The lowest BCUT2D eigenvalue weighted by Gasteiger charge is -2.30. The van der Waals surface area contributed by atoms with Crippen LogP contribution < -0.4 is 16.0 Å². The summed E-state index contributed by atoms with van der Waals surface area (Å²) in [6, 6.07) is 10.7. The smallest absolute Gasteiger partial charge is 0.269 e. The van der Waals surface area contributed by atoms with E-state index in [1.54, 1.807) is 43.5 Å². The Hall–Kier alpha value is -3.33. The minimum Gasteiger partial charge on any atom is -0.351 e. The number of nitrogens with one attached hydrogen (secondary N) is 3. The zero-order valence-corrected chi connectivity index (χ0v) is 14.5. The van der Waals surface area contributed by atoms with Crippen LogP contribution in [0.4, 0.5) is 11.5 Å². The minimum absolute atomic E-state index is 0.0594. The van der Waals surface area contributed by atoms with Gasteiger partial charge in [-0.15, -0.1) is 0 Å². The number of carbonyl (C=O) groups excluding carboxylic acids is 1. The summed E-state index contributed by atoms with van der Waals surface area (Å²) in [4.78, 5) is 27.5. The highest BCUT2D eigenvalue weighted by Crippen LogP contribution is 2.29. The monoisotopic (exact) mass is 369 g/mol. The number of anilines is 1. The summed E-state index contributed by atoms with van der Waals surface area (Å²) in [5.74, 6) is 0.0314. The molecule has 0 radical (unpaired) electrons. The molecule has 2 aromatic rings. The molecular formula is C17H15N5O3S. The van der Waals surface area contributed by atoms with Crippen LogP contribution in [0.25, 0.3) is 0 Å². The van der Waals surface area contributed by atoms with Gasteiger partial charge in [0.25, 0.3) is 11.6 Å². The van der Waals surface area contributed by atoms with Crippen LogP contribution >= 0.6 is 12.2 Å². The number of benzene rings is 1. The summed E-state index contributed by atoms with van der Waals surface area (Å²) in [5.41, 5.74) is 1.45. The van der Waals surface area contributed by atoms with Crippen LogP contribution in [0.15, 0.2) is 59.9 Å². The molecule has 1 atom stereocenters. The van der Waals surface area contributed by atoms with Crippen LogP contribution in [0, 0.1) is 10.1 Å². The van der Waals surface area contributed by atoms with Gasteiger partial charge in [0.1, 0.15) is 5.82 Å². The molecule has 1 aromatic heterocycles. The van der Waals surface area contributed by atoms with Crippen molar-refractivity contribution in [2.75, 3.05) is 5.32 Å².